The lowest BCUT2D eigenvalue weighted by Gasteiger charge is -2.26. The van der Waals surface area contributed by atoms with Crippen molar-refractivity contribution < 1.29 is 0 Å². The summed E-state index contributed by atoms with van der Waals surface area (Å²) in [6.45, 7) is 0. The standard InChI is InChI=1S/C38H27Br2N/c39-32-18-24-35(25-19-32)41(36-26-20-33(40)21-27-36)34-22-16-31(17-23-34)38(30-14-8-3-9-15-30)37(28-10-4-1-5-11-28)29-12-6-2-7-13-29/h1-27H. The van der Waals surface area contributed by atoms with Gasteiger partial charge >= 0.3 is 0 Å². The summed E-state index contributed by atoms with van der Waals surface area (Å²) < 4.78 is 2.11. The fourth-order valence-electron chi connectivity index (χ4n) is 5.13. The van der Waals surface area contributed by atoms with E-state index in [-0.39, 0.29) is 0 Å². The molecule has 0 aliphatic carbocycles. The predicted octanol–water partition coefficient (Wildman–Crippen LogP) is 11.7. The van der Waals surface area contributed by atoms with E-state index in [9.17, 15) is 0 Å². The van der Waals surface area contributed by atoms with Crippen LogP contribution in [0.15, 0.2) is 173 Å². The SMILES string of the molecule is Brc1ccc(N(c2ccc(Br)cc2)c2ccc(C(=C(c3ccccc3)c3ccccc3)c3ccccc3)cc2)cc1. The zero-order valence-electron chi connectivity index (χ0n) is 22.3. The molecule has 0 radical (unpaired) electrons. The maximum absolute atomic E-state index is 3.59. The molecule has 0 heterocycles. The van der Waals surface area contributed by atoms with Gasteiger partial charge in [0.05, 0.1) is 0 Å². The zero-order valence-corrected chi connectivity index (χ0v) is 25.5. The Hall–Kier alpha value is -4.18. The van der Waals surface area contributed by atoms with Crippen LogP contribution in [0.2, 0.25) is 0 Å². The van der Waals surface area contributed by atoms with Gasteiger partial charge in [0.25, 0.3) is 0 Å². The van der Waals surface area contributed by atoms with E-state index in [1.54, 1.807) is 0 Å². The summed E-state index contributed by atoms with van der Waals surface area (Å²) in [6, 6.07) is 57.9. The molecular weight excluding hydrogens is 630 g/mol. The lowest BCUT2D eigenvalue weighted by molar-refractivity contribution is 1.28. The Morgan fingerprint density at radius 3 is 0.902 bits per heavy atom. The molecule has 6 aromatic carbocycles. The molecule has 0 aromatic heterocycles. The minimum absolute atomic E-state index is 1.05. The number of anilines is 3. The van der Waals surface area contributed by atoms with Crippen LogP contribution in [0.4, 0.5) is 17.1 Å². The predicted molar refractivity (Wildman–Crippen MR) is 181 cm³/mol. The van der Waals surface area contributed by atoms with Gasteiger partial charge < -0.3 is 4.90 Å². The summed E-state index contributed by atoms with van der Waals surface area (Å²) >= 11 is 7.17. The summed E-state index contributed by atoms with van der Waals surface area (Å²) in [5.41, 5.74) is 10.4. The van der Waals surface area contributed by atoms with Crippen molar-refractivity contribution >= 4 is 60.1 Å². The molecule has 0 aliphatic heterocycles. The molecule has 0 atom stereocenters. The first-order valence-corrected chi connectivity index (χ1v) is 15.1. The molecule has 0 fully saturated rings. The van der Waals surface area contributed by atoms with Crippen LogP contribution in [0.1, 0.15) is 22.3 Å². The summed E-state index contributed by atoms with van der Waals surface area (Å²) in [5.74, 6) is 0. The van der Waals surface area contributed by atoms with Crippen LogP contribution in [0, 0.1) is 0 Å². The smallest absolute Gasteiger partial charge is 0.0462 e. The highest BCUT2D eigenvalue weighted by Gasteiger charge is 2.18. The number of rotatable bonds is 7. The molecule has 41 heavy (non-hydrogen) atoms. The molecule has 0 unspecified atom stereocenters. The third-order valence-electron chi connectivity index (χ3n) is 7.02. The normalized spacial score (nSPS) is 10.7. The Morgan fingerprint density at radius 1 is 0.317 bits per heavy atom. The highest BCUT2D eigenvalue weighted by molar-refractivity contribution is 9.10. The van der Waals surface area contributed by atoms with E-state index in [0.717, 1.165) is 31.6 Å². The maximum Gasteiger partial charge on any atom is 0.0462 e. The quantitative estimate of drug-likeness (QED) is 0.155. The van der Waals surface area contributed by atoms with Gasteiger partial charge in [-0.05, 0) is 94.1 Å². The fourth-order valence-corrected chi connectivity index (χ4v) is 5.66. The minimum Gasteiger partial charge on any atom is -0.311 e. The highest BCUT2D eigenvalue weighted by atomic mass is 79.9. The van der Waals surface area contributed by atoms with Gasteiger partial charge in [-0.3, -0.25) is 0 Å². The van der Waals surface area contributed by atoms with Gasteiger partial charge in [0.2, 0.25) is 0 Å². The number of nitrogens with zero attached hydrogens (tertiary/aromatic N) is 1. The van der Waals surface area contributed by atoms with Crippen molar-refractivity contribution in [3.8, 4) is 0 Å². The monoisotopic (exact) mass is 655 g/mol. The average Bonchev–Trinajstić information content (AvgIpc) is 3.03. The maximum atomic E-state index is 3.59. The first kappa shape index (κ1) is 27.0. The Labute approximate surface area is 258 Å². The van der Waals surface area contributed by atoms with Crippen molar-refractivity contribution in [1.29, 1.82) is 0 Å². The van der Waals surface area contributed by atoms with Crippen LogP contribution in [-0.4, -0.2) is 0 Å². The molecule has 6 rings (SSSR count). The largest absolute Gasteiger partial charge is 0.311 e. The van der Waals surface area contributed by atoms with Crippen LogP contribution in [-0.2, 0) is 0 Å². The van der Waals surface area contributed by atoms with Crippen molar-refractivity contribution in [2.45, 2.75) is 0 Å². The first-order chi connectivity index (χ1) is 20.2. The molecule has 0 bridgehead atoms. The second kappa shape index (κ2) is 12.6. The summed E-state index contributed by atoms with van der Waals surface area (Å²) in [5, 5.41) is 0. The van der Waals surface area contributed by atoms with Crippen LogP contribution < -0.4 is 4.90 Å². The molecule has 0 N–H and O–H groups in total. The van der Waals surface area contributed by atoms with E-state index in [4.69, 9.17) is 0 Å². The first-order valence-electron chi connectivity index (χ1n) is 13.5. The third-order valence-corrected chi connectivity index (χ3v) is 8.08. The Morgan fingerprint density at radius 2 is 0.585 bits per heavy atom. The second-order valence-electron chi connectivity index (χ2n) is 9.68. The number of benzene rings is 6. The molecule has 0 saturated heterocycles. The zero-order chi connectivity index (χ0) is 28.0. The van der Waals surface area contributed by atoms with Crippen LogP contribution in [0.5, 0.6) is 0 Å². The van der Waals surface area contributed by atoms with Crippen molar-refractivity contribution in [3.63, 3.8) is 0 Å². The number of halogens is 2. The minimum atomic E-state index is 1.05. The number of hydrogen-bond acceptors (Lipinski definition) is 1. The van der Waals surface area contributed by atoms with Gasteiger partial charge in [-0.15, -0.1) is 0 Å². The van der Waals surface area contributed by atoms with Crippen molar-refractivity contribution in [2.24, 2.45) is 0 Å². The van der Waals surface area contributed by atoms with Crippen molar-refractivity contribution in [3.05, 3.63) is 195 Å². The van der Waals surface area contributed by atoms with Crippen LogP contribution in [0.3, 0.4) is 0 Å². The molecule has 1 nitrogen and oxygen atoms in total. The van der Waals surface area contributed by atoms with Crippen LogP contribution >= 0.6 is 31.9 Å². The van der Waals surface area contributed by atoms with Crippen LogP contribution in [0.25, 0.3) is 11.1 Å². The van der Waals surface area contributed by atoms with Gasteiger partial charge in [-0.25, -0.2) is 0 Å². The Bertz CT molecular complexity index is 1660. The molecular formula is C38H27Br2N. The fraction of sp³-hybridized carbons (Fsp3) is 0. The Balaban J connectivity index is 1.54. The molecule has 0 amide bonds. The molecule has 198 valence electrons. The van der Waals surface area contributed by atoms with E-state index < -0.39 is 0 Å². The van der Waals surface area contributed by atoms with Crippen molar-refractivity contribution in [2.75, 3.05) is 4.90 Å². The Kier molecular flexibility index (Phi) is 8.27. The van der Waals surface area contributed by atoms with E-state index in [1.807, 2.05) is 0 Å². The second-order valence-corrected chi connectivity index (χ2v) is 11.5. The number of hydrogen-bond donors (Lipinski definition) is 0. The van der Waals surface area contributed by atoms with E-state index in [2.05, 4.69) is 201 Å². The van der Waals surface area contributed by atoms with E-state index in [1.165, 1.54) is 27.8 Å². The van der Waals surface area contributed by atoms with E-state index >= 15 is 0 Å². The van der Waals surface area contributed by atoms with Crippen molar-refractivity contribution in [1.82, 2.24) is 0 Å². The van der Waals surface area contributed by atoms with E-state index in [0.29, 0.717) is 0 Å². The van der Waals surface area contributed by atoms with Gasteiger partial charge in [-0.2, -0.15) is 0 Å². The molecule has 3 heteroatoms. The third kappa shape index (κ3) is 6.12. The highest BCUT2D eigenvalue weighted by Crippen LogP contribution is 2.40. The molecule has 0 saturated carbocycles. The van der Waals surface area contributed by atoms with Gasteiger partial charge in [0.15, 0.2) is 0 Å². The molecule has 6 aromatic rings. The lowest BCUT2D eigenvalue weighted by atomic mass is 9.86. The van der Waals surface area contributed by atoms with Gasteiger partial charge in [0, 0.05) is 26.0 Å². The molecule has 0 spiro atoms. The summed E-state index contributed by atoms with van der Waals surface area (Å²) in [6.07, 6.45) is 0. The van der Waals surface area contributed by atoms with Gasteiger partial charge in [-0.1, -0.05) is 135 Å². The van der Waals surface area contributed by atoms with Gasteiger partial charge in [0.1, 0.15) is 0 Å². The molecule has 0 aliphatic rings. The lowest BCUT2D eigenvalue weighted by Crippen LogP contribution is -2.09. The summed E-state index contributed by atoms with van der Waals surface area (Å²) in [4.78, 5) is 2.28. The average molecular weight is 657 g/mol. The topological polar surface area (TPSA) is 3.24 Å². The summed E-state index contributed by atoms with van der Waals surface area (Å²) in [7, 11) is 0.